The summed E-state index contributed by atoms with van der Waals surface area (Å²) in [7, 11) is -2.22. The van der Waals surface area contributed by atoms with Crippen molar-refractivity contribution in [1.29, 1.82) is 0 Å². The molecule has 0 atom stereocenters. The van der Waals surface area contributed by atoms with Crippen molar-refractivity contribution in [3.05, 3.63) is 59.7 Å². The molecule has 0 heterocycles. The van der Waals surface area contributed by atoms with Gasteiger partial charge < -0.3 is 9.84 Å². The minimum absolute atomic E-state index is 0.00762. The van der Waals surface area contributed by atoms with E-state index >= 15 is 0 Å². The van der Waals surface area contributed by atoms with Crippen LogP contribution in [0.4, 0.5) is 0 Å². The summed E-state index contributed by atoms with van der Waals surface area (Å²) in [6, 6.07) is 12.5. The van der Waals surface area contributed by atoms with Gasteiger partial charge in [0.15, 0.2) is 0 Å². The quantitative estimate of drug-likeness (QED) is 0.831. The number of carboxylic acid groups (broad SMARTS) is 1. The third-order valence-corrected chi connectivity index (χ3v) is 5.27. The van der Waals surface area contributed by atoms with E-state index in [4.69, 9.17) is 9.84 Å². The second-order valence-corrected chi connectivity index (χ2v) is 7.18. The summed E-state index contributed by atoms with van der Waals surface area (Å²) in [5.41, 5.74) is 0.581. The van der Waals surface area contributed by atoms with Gasteiger partial charge in [-0.15, -0.1) is 0 Å². The van der Waals surface area contributed by atoms with Crippen LogP contribution in [0.25, 0.3) is 0 Å². The lowest BCUT2D eigenvalue weighted by Gasteiger charge is -2.19. The van der Waals surface area contributed by atoms with Crippen molar-refractivity contribution < 1.29 is 23.1 Å². The Morgan fingerprint density at radius 1 is 1.17 bits per heavy atom. The number of aromatic carboxylic acids is 1. The van der Waals surface area contributed by atoms with Crippen LogP contribution in [0, 0.1) is 0 Å². The Morgan fingerprint density at radius 3 is 2.42 bits per heavy atom. The number of carbonyl (C=O) groups is 1. The van der Waals surface area contributed by atoms with Gasteiger partial charge in [-0.3, -0.25) is 0 Å². The molecule has 0 saturated heterocycles. The van der Waals surface area contributed by atoms with E-state index in [0.29, 0.717) is 17.9 Å². The van der Waals surface area contributed by atoms with Gasteiger partial charge in [0.25, 0.3) is 0 Å². The van der Waals surface area contributed by atoms with Crippen LogP contribution in [-0.4, -0.2) is 37.5 Å². The monoisotopic (exact) mass is 349 g/mol. The standard InChI is InChI=1S/C17H19NO5S/c1-3-23-16-10-9-13(17(19)20)11-14(16)12-18(2)24(21,22)15-7-5-4-6-8-15/h4-11H,3,12H2,1-2H3,(H,19,20). The molecule has 0 saturated carbocycles. The number of nitrogens with zero attached hydrogens (tertiary/aromatic N) is 1. The van der Waals surface area contributed by atoms with Gasteiger partial charge in [-0.1, -0.05) is 18.2 Å². The molecule has 2 aromatic carbocycles. The fourth-order valence-electron chi connectivity index (χ4n) is 2.23. The zero-order valence-electron chi connectivity index (χ0n) is 13.5. The molecule has 2 aromatic rings. The molecule has 7 heteroatoms. The van der Waals surface area contributed by atoms with Crippen molar-refractivity contribution in [2.45, 2.75) is 18.4 Å². The molecule has 0 fully saturated rings. The first-order valence-corrected chi connectivity index (χ1v) is 8.80. The first-order valence-electron chi connectivity index (χ1n) is 7.36. The molecule has 24 heavy (non-hydrogen) atoms. The van der Waals surface area contributed by atoms with Gasteiger partial charge in [0.1, 0.15) is 5.75 Å². The number of benzene rings is 2. The largest absolute Gasteiger partial charge is 0.494 e. The number of sulfonamides is 1. The molecule has 2 rings (SSSR count). The van der Waals surface area contributed by atoms with Crippen LogP contribution in [0.5, 0.6) is 5.75 Å². The van der Waals surface area contributed by atoms with E-state index in [2.05, 4.69) is 0 Å². The second kappa shape index (κ2) is 7.46. The Morgan fingerprint density at radius 2 is 1.83 bits per heavy atom. The van der Waals surface area contributed by atoms with E-state index in [1.54, 1.807) is 31.2 Å². The predicted octanol–water partition coefficient (Wildman–Crippen LogP) is 2.60. The first kappa shape index (κ1) is 18.0. The summed E-state index contributed by atoms with van der Waals surface area (Å²) in [6.45, 7) is 2.21. The normalized spacial score (nSPS) is 11.5. The number of hydrogen-bond acceptors (Lipinski definition) is 4. The highest BCUT2D eigenvalue weighted by molar-refractivity contribution is 7.89. The molecule has 1 N–H and O–H groups in total. The molecule has 0 bridgehead atoms. The van der Waals surface area contributed by atoms with E-state index in [1.807, 2.05) is 0 Å². The van der Waals surface area contributed by atoms with Gasteiger partial charge in [0, 0.05) is 19.2 Å². The second-order valence-electron chi connectivity index (χ2n) is 5.13. The number of hydrogen-bond donors (Lipinski definition) is 1. The molecule has 0 amide bonds. The average Bonchev–Trinajstić information content (AvgIpc) is 2.57. The van der Waals surface area contributed by atoms with Crippen LogP contribution < -0.4 is 4.74 Å². The maximum atomic E-state index is 12.6. The summed E-state index contributed by atoms with van der Waals surface area (Å²) >= 11 is 0. The van der Waals surface area contributed by atoms with E-state index in [1.165, 1.54) is 35.6 Å². The minimum Gasteiger partial charge on any atom is -0.494 e. The van der Waals surface area contributed by atoms with Crippen molar-refractivity contribution in [1.82, 2.24) is 4.31 Å². The van der Waals surface area contributed by atoms with Crippen LogP contribution in [0.3, 0.4) is 0 Å². The van der Waals surface area contributed by atoms with Crippen molar-refractivity contribution in [3.8, 4) is 5.75 Å². The highest BCUT2D eigenvalue weighted by atomic mass is 32.2. The van der Waals surface area contributed by atoms with Gasteiger partial charge in [-0.25, -0.2) is 13.2 Å². The van der Waals surface area contributed by atoms with E-state index in [9.17, 15) is 13.2 Å². The number of rotatable bonds is 7. The Bertz CT molecular complexity index is 818. The van der Waals surface area contributed by atoms with Gasteiger partial charge in [-0.05, 0) is 37.3 Å². The molecule has 0 aliphatic rings. The molecule has 128 valence electrons. The summed E-state index contributed by atoms with van der Waals surface area (Å²) in [5.74, 6) is -0.606. The van der Waals surface area contributed by atoms with Crippen molar-refractivity contribution in [2.75, 3.05) is 13.7 Å². The van der Waals surface area contributed by atoms with Gasteiger partial charge >= 0.3 is 5.97 Å². The molecule has 6 nitrogen and oxygen atoms in total. The fourth-order valence-corrected chi connectivity index (χ4v) is 3.40. The van der Waals surface area contributed by atoms with Gasteiger partial charge in [-0.2, -0.15) is 4.31 Å². The first-order chi connectivity index (χ1) is 11.4. The smallest absolute Gasteiger partial charge is 0.335 e. The highest BCUT2D eigenvalue weighted by Gasteiger charge is 2.22. The van der Waals surface area contributed by atoms with Crippen LogP contribution >= 0.6 is 0 Å². The van der Waals surface area contributed by atoms with Gasteiger partial charge in [0.2, 0.25) is 10.0 Å². The number of ether oxygens (including phenoxy) is 1. The summed E-state index contributed by atoms with van der Waals surface area (Å²) in [4.78, 5) is 11.3. The maximum Gasteiger partial charge on any atom is 0.335 e. The Hall–Kier alpha value is -2.38. The molecule has 0 aliphatic heterocycles. The van der Waals surface area contributed by atoms with Gasteiger partial charge in [0.05, 0.1) is 17.1 Å². The third kappa shape index (κ3) is 3.93. The third-order valence-electron chi connectivity index (χ3n) is 3.45. The summed E-state index contributed by atoms with van der Waals surface area (Å²) in [5, 5.41) is 9.13. The van der Waals surface area contributed by atoms with Crippen LogP contribution in [-0.2, 0) is 16.6 Å². The van der Waals surface area contributed by atoms with E-state index < -0.39 is 16.0 Å². The van der Waals surface area contributed by atoms with Crippen molar-refractivity contribution >= 4 is 16.0 Å². The lowest BCUT2D eigenvalue weighted by atomic mass is 10.1. The van der Waals surface area contributed by atoms with Crippen molar-refractivity contribution in [3.63, 3.8) is 0 Å². The van der Waals surface area contributed by atoms with Crippen LogP contribution in [0.1, 0.15) is 22.8 Å². The molecular weight excluding hydrogens is 330 g/mol. The lowest BCUT2D eigenvalue weighted by Crippen LogP contribution is -2.26. The van der Waals surface area contributed by atoms with E-state index in [0.717, 1.165) is 0 Å². The molecule has 0 radical (unpaired) electrons. The Balaban J connectivity index is 2.35. The highest BCUT2D eigenvalue weighted by Crippen LogP contribution is 2.24. The fraction of sp³-hybridized carbons (Fsp3) is 0.235. The maximum absolute atomic E-state index is 12.6. The van der Waals surface area contributed by atoms with Crippen LogP contribution in [0.2, 0.25) is 0 Å². The Kier molecular flexibility index (Phi) is 5.58. The number of carboxylic acids is 1. The van der Waals surface area contributed by atoms with Crippen molar-refractivity contribution in [2.24, 2.45) is 0 Å². The summed E-state index contributed by atoms with van der Waals surface area (Å²) < 4.78 is 31.8. The SMILES string of the molecule is CCOc1ccc(C(=O)O)cc1CN(C)S(=O)(=O)c1ccccc1. The average molecular weight is 349 g/mol. The molecule has 0 aliphatic carbocycles. The lowest BCUT2D eigenvalue weighted by molar-refractivity contribution is 0.0696. The molecule has 0 aromatic heterocycles. The van der Waals surface area contributed by atoms with E-state index in [-0.39, 0.29) is 17.0 Å². The zero-order valence-corrected chi connectivity index (χ0v) is 14.3. The predicted molar refractivity (Wildman–Crippen MR) is 89.7 cm³/mol. The topological polar surface area (TPSA) is 83.9 Å². The minimum atomic E-state index is -3.67. The molecule has 0 unspecified atom stereocenters. The molecular formula is C17H19NO5S. The van der Waals surface area contributed by atoms with Crippen LogP contribution in [0.15, 0.2) is 53.4 Å². The Labute approximate surface area is 141 Å². The zero-order chi connectivity index (χ0) is 17.7. The summed E-state index contributed by atoms with van der Waals surface area (Å²) in [6.07, 6.45) is 0. The molecule has 0 spiro atoms.